The predicted octanol–water partition coefficient (Wildman–Crippen LogP) is 2.24. The molecule has 4 N–H and O–H groups in total. The minimum atomic E-state index is -0.371. The van der Waals surface area contributed by atoms with Crippen molar-refractivity contribution in [1.82, 2.24) is 25.8 Å². The lowest BCUT2D eigenvalue weighted by molar-refractivity contribution is 0.0927. The quantitative estimate of drug-likeness (QED) is 0.385. The van der Waals surface area contributed by atoms with Gasteiger partial charge in [-0.1, -0.05) is 13.3 Å². The van der Waals surface area contributed by atoms with Crippen LogP contribution in [0.1, 0.15) is 40.6 Å². The van der Waals surface area contributed by atoms with Gasteiger partial charge in [0.25, 0.3) is 11.8 Å². The van der Waals surface area contributed by atoms with Crippen LogP contribution in [0, 0.1) is 0 Å². The highest BCUT2D eigenvalue weighted by molar-refractivity contribution is 6.05. The number of rotatable bonds is 7. The number of amides is 2. The minimum absolute atomic E-state index is 0.167. The first-order valence-electron chi connectivity index (χ1n) is 8.41. The number of H-pyrrole nitrogens is 1. The van der Waals surface area contributed by atoms with E-state index in [0.717, 1.165) is 23.7 Å². The molecule has 0 spiro atoms. The molecule has 3 aromatic rings. The first-order valence-corrected chi connectivity index (χ1v) is 8.41. The molecule has 0 aliphatic rings. The van der Waals surface area contributed by atoms with E-state index in [1.54, 1.807) is 12.1 Å². The molecule has 8 heteroatoms. The number of nitrogens with zero attached hydrogens (tertiary/aromatic N) is 2. The Morgan fingerprint density at radius 1 is 1.12 bits per heavy atom. The lowest BCUT2D eigenvalue weighted by Gasteiger charge is -2.07. The van der Waals surface area contributed by atoms with Gasteiger partial charge in [-0.25, -0.2) is 15.4 Å². The Hall–Kier alpha value is -3.26. The zero-order valence-electron chi connectivity index (χ0n) is 14.4. The van der Waals surface area contributed by atoms with E-state index in [2.05, 4.69) is 38.0 Å². The van der Waals surface area contributed by atoms with Crippen LogP contribution in [-0.2, 0) is 0 Å². The Balaban J connectivity index is 1.59. The number of anilines is 1. The molecule has 0 aliphatic heterocycles. The Morgan fingerprint density at radius 2 is 2.00 bits per heavy atom. The largest absolute Gasteiger partial charge is 0.361 e. The van der Waals surface area contributed by atoms with Gasteiger partial charge in [-0.05, 0) is 30.7 Å². The van der Waals surface area contributed by atoms with Crippen molar-refractivity contribution in [2.75, 3.05) is 11.9 Å². The van der Waals surface area contributed by atoms with E-state index < -0.39 is 0 Å². The number of aromatic amines is 1. The Kier molecular flexibility index (Phi) is 5.55. The van der Waals surface area contributed by atoms with Gasteiger partial charge in [0.05, 0.1) is 12.4 Å². The molecule has 0 atom stereocenters. The second kappa shape index (κ2) is 8.21. The number of carbonyl (C=O) groups excluding carboxylic acids is 2. The minimum Gasteiger partial charge on any atom is -0.361 e. The third-order valence-electron chi connectivity index (χ3n) is 3.80. The number of hydrogen-bond donors (Lipinski definition) is 4. The fourth-order valence-electron chi connectivity index (χ4n) is 2.36. The second-order valence-corrected chi connectivity index (χ2v) is 5.76. The molecule has 26 heavy (non-hydrogen) atoms. The fourth-order valence-corrected chi connectivity index (χ4v) is 2.36. The Labute approximate surface area is 150 Å². The molecule has 0 bridgehead atoms. The summed E-state index contributed by atoms with van der Waals surface area (Å²) in [5.41, 5.74) is 7.02. The summed E-state index contributed by atoms with van der Waals surface area (Å²) in [5.74, 6) is -0.384. The van der Waals surface area contributed by atoms with E-state index in [4.69, 9.17) is 0 Å². The average Bonchev–Trinajstić information content (AvgIpc) is 3.13. The van der Waals surface area contributed by atoms with Crippen LogP contribution in [0.15, 0.2) is 42.9 Å². The van der Waals surface area contributed by atoms with E-state index in [-0.39, 0.29) is 23.3 Å². The maximum Gasteiger partial charge on any atom is 0.285 e. The molecule has 2 amide bonds. The van der Waals surface area contributed by atoms with Crippen LogP contribution in [0.5, 0.6) is 0 Å². The van der Waals surface area contributed by atoms with Crippen LogP contribution in [0.3, 0.4) is 0 Å². The molecule has 3 rings (SSSR count). The highest BCUT2D eigenvalue weighted by Crippen LogP contribution is 2.15. The summed E-state index contributed by atoms with van der Waals surface area (Å²) in [6, 6.07) is 7.26. The molecule has 0 radical (unpaired) electrons. The van der Waals surface area contributed by atoms with E-state index in [0.29, 0.717) is 12.1 Å². The zero-order chi connectivity index (χ0) is 18.4. The van der Waals surface area contributed by atoms with E-state index in [1.807, 2.05) is 18.3 Å². The predicted molar refractivity (Wildman–Crippen MR) is 98.7 cm³/mol. The van der Waals surface area contributed by atoms with Crippen molar-refractivity contribution in [2.24, 2.45) is 0 Å². The molecule has 0 aliphatic carbocycles. The van der Waals surface area contributed by atoms with E-state index >= 15 is 0 Å². The van der Waals surface area contributed by atoms with Crippen LogP contribution in [-0.4, -0.2) is 33.3 Å². The van der Waals surface area contributed by atoms with Crippen molar-refractivity contribution < 1.29 is 9.59 Å². The molecule has 134 valence electrons. The number of aromatic nitrogens is 3. The number of hydrogen-bond acceptors (Lipinski definition) is 5. The van der Waals surface area contributed by atoms with Crippen LogP contribution >= 0.6 is 0 Å². The van der Waals surface area contributed by atoms with Gasteiger partial charge in [0.15, 0.2) is 5.82 Å². The van der Waals surface area contributed by atoms with E-state index in [1.165, 1.54) is 12.4 Å². The average molecular weight is 352 g/mol. The molecule has 0 unspecified atom stereocenters. The molecule has 0 saturated carbocycles. The van der Waals surface area contributed by atoms with Crippen molar-refractivity contribution in [3.63, 3.8) is 0 Å². The van der Waals surface area contributed by atoms with Crippen LogP contribution < -0.4 is 16.2 Å². The van der Waals surface area contributed by atoms with Crippen molar-refractivity contribution in [3.8, 4) is 0 Å². The molecule has 2 heterocycles. The SMILES string of the molecule is CCCCNNC(=O)c1cnc(NC(=O)c2ccc3[nH]ccc3c2)cn1. The monoisotopic (exact) mass is 352 g/mol. The second-order valence-electron chi connectivity index (χ2n) is 5.76. The summed E-state index contributed by atoms with van der Waals surface area (Å²) >= 11 is 0. The number of carbonyl (C=O) groups is 2. The zero-order valence-corrected chi connectivity index (χ0v) is 14.4. The number of hydrazine groups is 1. The van der Waals surface area contributed by atoms with Gasteiger partial charge in [-0.3, -0.25) is 15.0 Å². The van der Waals surface area contributed by atoms with Gasteiger partial charge in [-0.2, -0.15) is 0 Å². The van der Waals surface area contributed by atoms with Crippen molar-refractivity contribution in [3.05, 3.63) is 54.1 Å². The first kappa shape index (κ1) is 17.6. The maximum absolute atomic E-state index is 12.3. The number of benzene rings is 1. The van der Waals surface area contributed by atoms with Gasteiger partial charge in [0.1, 0.15) is 5.69 Å². The third-order valence-corrected chi connectivity index (χ3v) is 3.80. The summed E-state index contributed by atoms with van der Waals surface area (Å²) in [4.78, 5) is 35.4. The molecule has 8 nitrogen and oxygen atoms in total. The molecule has 1 aromatic carbocycles. The fraction of sp³-hybridized carbons (Fsp3) is 0.222. The van der Waals surface area contributed by atoms with Gasteiger partial charge in [-0.15, -0.1) is 0 Å². The standard InChI is InChI=1S/C18H20N6O2/c1-2-3-7-22-24-18(26)15-10-21-16(11-20-15)23-17(25)13-4-5-14-12(9-13)6-8-19-14/h4-6,8-11,19,22H,2-3,7H2,1H3,(H,24,26)(H,21,23,25). The summed E-state index contributed by atoms with van der Waals surface area (Å²) in [6.07, 6.45) is 6.49. The van der Waals surface area contributed by atoms with Crippen LogP contribution in [0.4, 0.5) is 5.82 Å². The van der Waals surface area contributed by atoms with Crippen molar-refractivity contribution >= 4 is 28.5 Å². The van der Waals surface area contributed by atoms with Crippen molar-refractivity contribution in [1.29, 1.82) is 0 Å². The molecular formula is C18H20N6O2. The topological polar surface area (TPSA) is 112 Å². The van der Waals surface area contributed by atoms with Crippen LogP contribution in [0.2, 0.25) is 0 Å². The summed E-state index contributed by atoms with van der Waals surface area (Å²) in [5, 5.41) is 3.62. The van der Waals surface area contributed by atoms with Gasteiger partial charge in [0.2, 0.25) is 0 Å². The maximum atomic E-state index is 12.3. The van der Waals surface area contributed by atoms with Gasteiger partial charge < -0.3 is 10.3 Å². The van der Waals surface area contributed by atoms with Gasteiger partial charge >= 0.3 is 0 Å². The summed E-state index contributed by atoms with van der Waals surface area (Å²) < 4.78 is 0. The Morgan fingerprint density at radius 3 is 2.77 bits per heavy atom. The highest BCUT2D eigenvalue weighted by Gasteiger charge is 2.11. The summed E-state index contributed by atoms with van der Waals surface area (Å²) in [6.45, 7) is 2.76. The number of nitrogens with one attached hydrogen (secondary N) is 4. The lowest BCUT2D eigenvalue weighted by Crippen LogP contribution is -2.38. The smallest absolute Gasteiger partial charge is 0.285 e. The Bertz CT molecular complexity index is 903. The number of fused-ring (bicyclic) bond motifs is 1. The normalized spacial score (nSPS) is 10.7. The van der Waals surface area contributed by atoms with Gasteiger partial charge in [0, 0.05) is 29.2 Å². The molecule has 0 saturated heterocycles. The molecular weight excluding hydrogens is 332 g/mol. The molecule has 2 aromatic heterocycles. The highest BCUT2D eigenvalue weighted by atomic mass is 16.2. The molecule has 0 fully saturated rings. The summed E-state index contributed by atoms with van der Waals surface area (Å²) in [7, 11) is 0. The van der Waals surface area contributed by atoms with E-state index in [9.17, 15) is 9.59 Å². The van der Waals surface area contributed by atoms with Crippen molar-refractivity contribution in [2.45, 2.75) is 19.8 Å². The first-order chi connectivity index (χ1) is 12.7. The third kappa shape index (κ3) is 4.22. The van der Waals surface area contributed by atoms with Crippen LogP contribution in [0.25, 0.3) is 10.9 Å². The number of unbranched alkanes of at least 4 members (excludes halogenated alkanes) is 1. The lowest BCUT2D eigenvalue weighted by atomic mass is 10.1.